The van der Waals surface area contributed by atoms with Crippen molar-refractivity contribution in [1.82, 2.24) is 34.5 Å². The van der Waals surface area contributed by atoms with Gasteiger partial charge in [0, 0.05) is 42.8 Å². The Kier molecular flexibility index (Phi) is 7.19. The number of amides is 3. The van der Waals surface area contributed by atoms with E-state index in [2.05, 4.69) is 30.4 Å². The Bertz CT molecular complexity index is 1380. The summed E-state index contributed by atoms with van der Waals surface area (Å²) in [6.45, 7) is 7.08. The highest BCUT2D eigenvalue weighted by atomic mass is 32.2. The molecule has 0 radical (unpaired) electrons. The number of fused-ring (bicyclic) bond motifs is 1. The monoisotopic (exact) mass is 516 g/mol. The predicted molar refractivity (Wildman–Crippen MR) is 131 cm³/mol. The molecule has 0 atom stereocenters. The van der Waals surface area contributed by atoms with Gasteiger partial charge < -0.3 is 15.0 Å². The molecule has 1 aliphatic rings. The number of rotatable bonds is 6. The van der Waals surface area contributed by atoms with Crippen LogP contribution in [0.15, 0.2) is 41.7 Å². The lowest BCUT2D eigenvalue weighted by molar-refractivity contribution is -0.134. The molecule has 0 saturated carbocycles. The number of hydrogen-bond acceptors (Lipinski definition) is 8. The Morgan fingerprint density at radius 2 is 1.86 bits per heavy atom. The minimum Gasteiger partial charge on any atom is -0.378 e. The van der Waals surface area contributed by atoms with Crippen molar-refractivity contribution in [3.63, 3.8) is 0 Å². The van der Waals surface area contributed by atoms with Crippen LogP contribution in [0.25, 0.3) is 16.8 Å². The molecule has 3 amide bonds. The summed E-state index contributed by atoms with van der Waals surface area (Å²) in [4.78, 5) is 34.4. The summed E-state index contributed by atoms with van der Waals surface area (Å²) in [7, 11) is -3.75. The highest BCUT2D eigenvalue weighted by Crippen LogP contribution is 2.23. The van der Waals surface area contributed by atoms with Gasteiger partial charge in [0.15, 0.2) is 5.65 Å². The zero-order valence-electron chi connectivity index (χ0n) is 20.2. The van der Waals surface area contributed by atoms with Gasteiger partial charge in [-0.3, -0.25) is 15.1 Å². The molecule has 4 heterocycles. The van der Waals surface area contributed by atoms with Crippen LogP contribution >= 0.6 is 0 Å². The Hall–Kier alpha value is -3.62. The Morgan fingerprint density at radius 1 is 1.11 bits per heavy atom. The number of carbonyl (C=O) groups is 2. The number of urea groups is 1. The van der Waals surface area contributed by atoms with E-state index in [0.717, 1.165) is 0 Å². The first kappa shape index (κ1) is 25.5. The SMILES string of the molecule is CC(C)(C)NS(=O)(=O)c1cncc(-c2ccn3nc(NC(=O)NCC(=O)N4CCOCC4)nc3c2)c1. The number of pyridine rings is 2. The number of morpholine rings is 1. The minimum absolute atomic E-state index is 0.0434. The van der Waals surface area contributed by atoms with E-state index in [9.17, 15) is 18.0 Å². The number of hydrogen-bond donors (Lipinski definition) is 3. The summed E-state index contributed by atoms with van der Waals surface area (Å²) in [6, 6.07) is 4.35. The number of nitrogens with one attached hydrogen (secondary N) is 3. The quantitative estimate of drug-likeness (QED) is 0.435. The average molecular weight is 517 g/mol. The van der Waals surface area contributed by atoms with Crippen molar-refractivity contribution in [3.05, 3.63) is 36.8 Å². The molecule has 4 rings (SSSR count). The van der Waals surface area contributed by atoms with Crippen molar-refractivity contribution >= 4 is 33.6 Å². The van der Waals surface area contributed by atoms with Crippen molar-refractivity contribution in [2.75, 3.05) is 38.2 Å². The fraction of sp³-hybridized carbons (Fsp3) is 0.409. The van der Waals surface area contributed by atoms with Crippen LogP contribution in [0.5, 0.6) is 0 Å². The maximum absolute atomic E-state index is 12.7. The second-order valence-corrected chi connectivity index (χ2v) is 10.9. The Balaban J connectivity index is 1.44. The summed E-state index contributed by atoms with van der Waals surface area (Å²) in [6.07, 6.45) is 4.48. The summed E-state index contributed by atoms with van der Waals surface area (Å²) in [5.74, 6) is -0.149. The first-order chi connectivity index (χ1) is 17.0. The van der Waals surface area contributed by atoms with Gasteiger partial charge in [0.05, 0.1) is 19.8 Å². The van der Waals surface area contributed by atoms with Crippen LogP contribution in [0.2, 0.25) is 0 Å². The zero-order chi connectivity index (χ0) is 25.9. The van der Waals surface area contributed by atoms with Gasteiger partial charge in [-0.25, -0.2) is 22.4 Å². The van der Waals surface area contributed by atoms with E-state index < -0.39 is 21.6 Å². The van der Waals surface area contributed by atoms with Crippen LogP contribution in [0.4, 0.5) is 10.7 Å². The normalized spacial score (nSPS) is 14.6. The third-order valence-electron chi connectivity index (χ3n) is 5.12. The van der Waals surface area contributed by atoms with Crippen molar-refractivity contribution in [3.8, 4) is 11.1 Å². The number of ether oxygens (including phenoxy) is 1. The van der Waals surface area contributed by atoms with E-state index in [-0.39, 0.29) is 23.3 Å². The Morgan fingerprint density at radius 3 is 2.58 bits per heavy atom. The van der Waals surface area contributed by atoms with E-state index in [1.165, 1.54) is 16.8 Å². The van der Waals surface area contributed by atoms with Crippen LogP contribution in [0, 0.1) is 0 Å². The Labute approximate surface area is 208 Å². The first-order valence-electron chi connectivity index (χ1n) is 11.3. The molecule has 36 heavy (non-hydrogen) atoms. The highest BCUT2D eigenvalue weighted by Gasteiger charge is 2.23. The van der Waals surface area contributed by atoms with Crippen molar-refractivity contribution in [2.24, 2.45) is 0 Å². The van der Waals surface area contributed by atoms with Crippen LogP contribution in [-0.2, 0) is 19.6 Å². The molecule has 1 saturated heterocycles. The lowest BCUT2D eigenvalue weighted by atomic mass is 10.1. The van der Waals surface area contributed by atoms with E-state index in [1.54, 1.807) is 50.2 Å². The zero-order valence-corrected chi connectivity index (χ0v) is 21.0. The topological polar surface area (TPSA) is 160 Å². The summed E-state index contributed by atoms with van der Waals surface area (Å²) in [5, 5.41) is 9.22. The third-order valence-corrected chi connectivity index (χ3v) is 6.85. The van der Waals surface area contributed by atoms with Gasteiger partial charge in [0.1, 0.15) is 4.90 Å². The van der Waals surface area contributed by atoms with E-state index in [4.69, 9.17) is 4.74 Å². The number of aromatic nitrogens is 4. The van der Waals surface area contributed by atoms with Gasteiger partial charge in [0.25, 0.3) is 5.95 Å². The number of nitrogens with zero attached hydrogens (tertiary/aromatic N) is 5. The molecule has 0 spiro atoms. The molecule has 0 aliphatic carbocycles. The van der Waals surface area contributed by atoms with Crippen LogP contribution in [0.1, 0.15) is 20.8 Å². The fourth-order valence-electron chi connectivity index (χ4n) is 3.53. The van der Waals surface area contributed by atoms with Crippen molar-refractivity contribution in [2.45, 2.75) is 31.2 Å². The van der Waals surface area contributed by atoms with Crippen molar-refractivity contribution < 1.29 is 22.7 Å². The number of anilines is 1. The molecule has 3 aromatic rings. The van der Waals surface area contributed by atoms with Crippen LogP contribution in [0.3, 0.4) is 0 Å². The molecule has 14 heteroatoms. The lowest BCUT2D eigenvalue weighted by Gasteiger charge is -2.26. The average Bonchev–Trinajstić information content (AvgIpc) is 3.23. The maximum atomic E-state index is 12.7. The van der Waals surface area contributed by atoms with Gasteiger partial charge in [-0.1, -0.05) is 0 Å². The molecule has 1 fully saturated rings. The summed E-state index contributed by atoms with van der Waals surface area (Å²) in [5.41, 5.74) is 1.03. The maximum Gasteiger partial charge on any atom is 0.322 e. The number of carbonyl (C=O) groups excluding carboxylic acids is 2. The second kappa shape index (κ2) is 10.2. The highest BCUT2D eigenvalue weighted by molar-refractivity contribution is 7.89. The fourth-order valence-corrected chi connectivity index (χ4v) is 4.93. The molecule has 3 N–H and O–H groups in total. The molecule has 1 aliphatic heterocycles. The van der Waals surface area contributed by atoms with E-state index in [0.29, 0.717) is 43.1 Å². The lowest BCUT2D eigenvalue weighted by Crippen LogP contribution is -2.46. The molecule has 0 unspecified atom stereocenters. The largest absolute Gasteiger partial charge is 0.378 e. The van der Waals surface area contributed by atoms with Crippen LogP contribution in [-0.4, -0.2) is 83.2 Å². The molecular weight excluding hydrogens is 488 g/mol. The van der Waals surface area contributed by atoms with Gasteiger partial charge >= 0.3 is 6.03 Å². The van der Waals surface area contributed by atoms with E-state index >= 15 is 0 Å². The first-order valence-corrected chi connectivity index (χ1v) is 12.7. The standard InChI is InChI=1S/C22H28N8O5S/c1-22(2,3)28-36(33,34)17-10-16(12-23-13-17)15-4-5-30-18(11-15)25-20(27-30)26-21(32)24-14-19(31)29-6-8-35-9-7-29/h4-5,10-13,28H,6-9,14H2,1-3H3,(H2,24,26,27,32). The van der Waals surface area contributed by atoms with Gasteiger partial charge in [-0.15, -0.1) is 5.10 Å². The molecule has 192 valence electrons. The van der Waals surface area contributed by atoms with Gasteiger partial charge in [0.2, 0.25) is 15.9 Å². The van der Waals surface area contributed by atoms with Gasteiger partial charge in [-0.2, -0.15) is 4.98 Å². The van der Waals surface area contributed by atoms with Crippen LogP contribution < -0.4 is 15.4 Å². The van der Waals surface area contributed by atoms with Crippen molar-refractivity contribution in [1.29, 1.82) is 0 Å². The van der Waals surface area contributed by atoms with Gasteiger partial charge in [-0.05, 0) is 44.5 Å². The molecular formula is C22H28N8O5S. The summed E-state index contributed by atoms with van der Waals surface area (Å²) < 4.78 is 34.6. The number of sulfonamides is 1. The minimum atomic E-state index is -3.75. The van der Waals surface area contributed by atoms with E-state index in [1.807, 2.05) is 0 Å². The molecule has 3 aromatic heterocycles. The second-order valence-electron chi connectivity index (χ2n) is 9.22. The molecule has 0 bridgehead atoms. The predicted octanol–water partition coefficient (Wildman–Crippen LogP) is 0.848. The summed E-state index contributed by atoms with van der Waals surface area (Å²) >= 11 is 0. The molecule has 13 nitrogen and oxygen atoms in total. The smallest absolute Gasteiger partial charge is 0.322 e. The molecule has 0 aromatic carbocycles. The third kappa shape index (κ3) is 6.33.